The Morgan fingerprint density at radius 1 is 1.33 bits per heavy atom. The second kappa shape index (κ2) is 3.81. The minimum atomic E-state index is -0.988. The summed E-state index contributed by atoms with van der Waals surface area (Å²) < 4.78 is 5.29. The van der Waals surface area contributed by atoms with Crippen LogP contribution in [0.25, 0.3) is 0 Å². The van der Waals surface area contributed by atoms with E-state index in [1.54, 1.807) is 0 Å². The number of amides is 1. The van der Waals surface area contributed by atoms with E-state index in [1.165, 1.54) is 0 Å². The fourth-order valence-electron chi connectivity index (χ4n) is 1.78. The predicted molar refractivity (Wildman–Crippen MR) is 51.3 cm³/mol. The van der Waals surface area contributed by atoms with E-state index in [9.17, 15) is 9.59 Å². The van der Waals surface area contributed by atoms with E-state index in [4.69, 9.17) is 9.84 Å². The van der Waals surface area contributed by atoms with Crippen LogP contribution in [0, 0.1) is 0 Å². The van der Waals surface area contributed by atoms with Crippen molar-refractivity contribution < 1.29 is 19.4 Å². The van der Waals surface area contributed by atoms with E-state index < -0.39 is 17.6 Å². The van der Waals surface area contributed by atoms with Crippen molar-refractivity contribution in [3.05, 3.63) is 0 Å². The van der Waals surface area contributed by atoms with Crippen molar-refractivity contribution in [3.8, 4) is 0 Å². The van der Waals surface area contributed by atoms with Gasteiger partial charge < -0.3 is 15.2 Å². The van der Waals surface area contributed by atoms with Gasteiger partial charge in [0.05, 0.1) is 0 Å². The second-order valence-corrected chi connectivity index (χ2v) is 4.23. The molecule has 5 nitrogen and oxygen atoms in total. The zero-order valence-electron chi connectivity index (χ0n) is 8.49. The van der Waals surface area contributed by atoms with Crippen molar-refractivity contribution in [2.75, 3.05) is 6.61 Å². The van der Waals surface area contributed by atoms with Gasteiger partial charge in [0.15, 0.2) is 0 Å². The smallest absolute Gasteiger partial charge is 0.329 e. The van der Waals surface area contributed by atoms with E-state index in [1.807, 2.05) is 0 Å². The number of aliphatic carboxylic acids is 1. The minimum Gasteiger partial charge on any atom is -0.480 e. The zero-order valence-corrected chi connectivity index (χ0v) is 8.49. The summed E-state index contributed by atoms with van der Waals surface area (Å²) in [6.45, 7) is 0.595. The zero-order chi connectivity index (χ0) is 10.9. The third-order valence-corrected chi connectivity index (χ3v) is 2.99. The maximum atomic E-state index is 11.7. The summed E-state index contributed by atoms with van der Waals surface area (Å²) in [5.74, 6) is -1.21. The molecule has 1 heterocycles. The normalized spacial score (nSPS) is 28.1. The SMILES string of the molecule is O=C(NC1(C(=O)O)CC1)C1CCCCO1. The Morgan fingerprint density at radius 2 is 2.07 bits per heavy atom. The van der Waals surface area contributed by atoms with Crippen molar-refractivity contribution in [2.45, 2.75) is 43.7 Å². The van der Waals surface area contributed by atoms with Crippen LogP contribution in [0.4, 0.5) is 0 Å². The highest BCUT2D eigenvalue weighted by atomic mass is 16.5. The number of hydrogen-bond acceptors (Lipinski definition) is 3. The summed E-state index contributed by atoms with van der Waals surface area (Å²) in [7, 11) is 0. The standard InChI is InChI=1S/C10H15NO4/c12-8(7-3-1-2-6-15-7)11-10(4-5-10)9(13)14/h7H,1-6H2,(H,11,12)(H,13,14). The minimum absolute atomic E-state index is 0.269. The number of ether oxygens (including phenoxy) is 1. The number of carbonyl (C=O) groups is 2. The summed E-state index contributed by atoms with van der Waals surface area (Å²) >= 11 is 0. The molecule has 1 atom stereocenters. The average Bonchev–Trinajstić information content (AvgIpc) is 3.00. The molecule has 1 saturated heterocycles. The molecule has 15 heavy (non-hydrogen) atoms. The lowest BCUT2D eigenvalue weighted by atomic mass is 10.1. The number of carboxylic acids is 1. The van der Waals surface area contributed by atoms with E-state index in [-0.39, 0.29) is 5.91 Å². The molecule has 1 unspecified atom stereocenters. The van der Waals surface area contributed by atoms with Crippen LogP contribution < -0.4 is 5.32 Å². The Labute approximate surface area is 87.8 Å². The molecule has 0 bridgehead atoms. The molecule has 0 aromatic heterocycles. The van der Waals surface area contributed by atoms with E-state index in [2.05, 4.69) is 5.32 Å². The monoisotopic (exact) mass is 213 g/mol. The Balaban J connectivity index is 1.89. The first-order valence-electron chi connectivity index (χ1n) is 5.31. The number of hydrogen-bond donors (Lipinski definition) is 2. The summed E-state index contributed by atoms with van der Waals surface area (Å²) in [6.07, 6.45) is 3.25. The van der Waals surface area contributed by atoms with Crippen molar-refractivity contribution in [1.82, 2.24) is 5.32 Å². The molecule has 1 aliphatic heterocycles. The van der Waals surface area contributed by atoms with Crippen LogP contribution in [0.2, 0.25) is 0 Å². The fraction of sp³-hybridized carbons (Fsp3) is 0.800. The number of carboxylic acid groups (broad SMARTS) is 1. The molecule has 2 N–H and O–H groups in total. The van der Waals surface area contributed by atoms with Gasteiger partial charge in [-0.15, -0.1) is 0 Å². The van der Waals surface area contributed by atoms with Crippen LogP contribution in [0.3, 0.4) is 0 Å². The highest BCUT2D eigenvalue weighted by molar-refractivity contribution is 5.91. The van der Waals surface area contributed by atoms with Crippen LogP contribution in [-0.2, 0) is 14.3 Å². The molecule has 1 saturated carbocycles. The van der Waals surface area contributed by atoms with Gasteiger partial charge in [-0.2, -0.15) is 0 Å². The first-order chi connectivity index (χ1) is 7.14. The van der Waals surface area contributed by atoms with E-state index in [0.717, 1.165) is 12.8 Å². The molecule has 1 aliphatic carbocycles. The van der Waals surface area contributed by atoms with Gasteiger partial charge in [0.2, 0.25) is 5.91 Å². The van der Waals surface area contributed by atoms with Gasteiger partial charge in [-0.05, 0) is 32.1 Å². The Bertz CT molecular complexity index is 279. The highest BCUT2D eigenvalue weighted by Crippen LogP contribution is 2.35. The Kier molecular flexibility index (Phi) is 2.65. The van der Waals surface area contributed by atoms with Gasteiger partial charge >= 0.3 is 5.97 Å². The number of rotatable bonds is 3. The van der Waals surface area contributed by atoms with Gasteiger partial charge in [-0.3, -0.25) is 4.79 Å². The quantitative estimate of drug-likeness (QED) is 0.706. The molecule has 2 rings (SSSR count). The first-order valence-corrected chi connectivity index (χ1v) is 5.31. The summed E-state index contributed by atoms with van der Waals surface area (Å²) in [6, 6.07) is 0. The van der Waals surface area contributed by atoms with Crippen molar-refractivity contribution in [2.24, 2.45) is 0 Å². The first kappa shape index (κ1) is 10.4. The summed E-state index contributed by atoms with van der Waals surface area (Å²) in [5, 5.41) is 11.5. The van der Waals surface area contributed by atoms with Gasteiger partial charge in [-0.25, -0.2) is 4.79 Å². The van der Waals surface area contributed by atoms with E-state index >= 15 is 0 Å². The van der Waals surface area contributed by atoms with Crippen LogP contribution in [-0.4, -0.2) is 35.2 Å². The van der Waals surface area contributed by atoms with Crippen molar-refractivity contribution in [3.63, 3.8) is 0 Å². The van der Waals surface area contributed by atoms with Crippen molar-refractivity contribution in [1.29, 1.82) is 0 Å². The Morgan fingerprint density at radius 3 is 2.53 bits per heavy atom. The molecule has 1 amide bonds. The summed E-state index contributed by atoms with van der Waals surface area (Å²) in [5.41, 5.74) is -0.988. The number of nitrogens with one attached hydrogen (secondary N) is 1. The second-order valence-electron chi connectivity index (χ2n) is 4.23. The fourth-order valence-corrected chi connectivity index (χ4v) is 1.78. The molecule has 0 radical (unpaired) electrons. The Hall–Kier alpha value is -1.10. The molecule has 2 fully saturated rings. The third-order valence-electron chi connectivity index (χ3n) is 2.99. The lowest BCUT2D eigenvalue weighted by Gasteiger charge is -2.23. The molecule has 0 aromatic carbocycles. The highest BCUT2D eigenvalue weighted by Gasteiger charge is 2.52. The maximum Gasteiger partial charge on any atom is 0.329 e. The van der Waals surface area contributed by atoms with E-state index in [0.29, 0.717) is 25.9 Å². The topological polar surface area (TPSA) is 75.6 Å². The summed E-state index contributed by atoms with van der Waals surface area (Å²) in [4.78, 5) is 22.5. The van der Waals surface area contributed by atoms with Crippen LogP contribution >= 0.6 is 0 Å². The molecule has 2 aliphatic rings. The van der Waals surface area contributed by atoms with Gasteiger partial charge in [0.25, 0.3) is 0 Å². The predicted octanol–water partition coefficient (Wildman–Crippen LogP) is 0.289. The maximum absolute atomic E-state index is 11.7. The number of carbonyl (C=O) groups excluding carboxylic acids is 1. The van der Waals surface area contributed by atoms with Gasteiger partial charge in [-0.1, -0.05) is 0 Å². The third kappa shape index (κ3) is 2.12. The molecule has 0 spiro atoms. The van der Waals surface area contributed by atoms with Crippen molar-refractivity contribution >= 4 is 11.9 Å². The van der Waals surface area contributed by atoms with Crippen LogP contribution in [0.5, 0.6) is 0 Å². The molecular formula is C10H15NO4. The molecule has 84 valence electrons. The lowest BCUT2D eigenvalue weighted by molar-refractivity contribution is -0.146. The van der Waals surface area contributed by atoms with Crippen LogP contribution in [0.15, 0.2) is 0 Å². The average molecular weight is 213 g/mol. The molecule has 5 heteroatoms. The molecular weight excluding hydrogens is 198 g/mol. The van der Waals surface area contributed by atoms with Gasteiger partial charge in [0, 0.05) is 6.61 Å². The van der Waals surface area contributed by atoms with Crippen LogP contribution in [0.1, 0.15) is 32.1 Å². The molecule has 0 aromatic rings. The van der Waals surface area contributed by atoms with Gasteiger partial charge in [0.1, 0.15) is 11.6 Å². The lowest BCUT2D eigenvalue weighted by Crippen LogP contribution is -2.48. The largest absolute Gasteiger partial charge is 0.480 e.